The van der Waals surface area contributed by atoms with Crippen molar-refractivity contribution in [1.29, 1.82) is 0 Å². The highest BCUT2D eigenvalue weighted by molar-refractivity contribution is 7.89. The molecule has 31 heavy (non-hydrogen) atoms. The minimum atomic E-state index is -3.64. The van der Waals surface area contributed by atoms with E-state index in [4.69, 9.17) is 4.74 Å². The Labute approximate surface area is 182 Å². The predicted molar refractivity (Wildman–Crippen MR) is 119 cm³/mol. The molecular weight excluding hydrogens is 418 g/mol. The highest BCUT2D eigenvalue weighted by atomic mass is 32.2. The lowest BCUT2D eigenvalue weighted by atomic mass is 10.1. The van der Waals surface area contributed by atoms with Gasteiger partial charge in [0.05, 0.1) is 28.9 Å². The first-order valence-corrected chi connectivity index (χ1v) is 11.6. The number of amides is 1. The van der Waals surface area contributed by atoms with Gasteiger partial charge in [0.25, 0.3) is 5.91 Å². The minimum Gasteiger partial charge on any atom is -0.465 e. The van der Waals surface area contributed by atoms with Gasteiger partial charge in [-0.25, -0.2) is 17.9 Å². The maximum absolute atomic E-state index is 12.9. The van der Waals surface area contributed by atoms with Crippen LogP contribution in [0.25, 0.3) is 0 Å². The summed E-state index contributed by atoms with van der Waals surface area (Å²) in [7, 11) is -2.33. The van der Waals surface area contributed by atoms with Gasteiger partial charge >= 0.3 is 5.97 Å². The van der Waals surface area contributed by atoms with Crippen LogP contribution < -0.4 is 14.9 Å². The van der Waals surface area contributed by atoms with Crippen molar-refractivity contribution in [3.63, 3.8) is 0 Å². The molecular formula is C22H27N3O5S. The van der Waals surface area contributed by atoms with E-state index in [2.05, 4.69) is 14.9 Å². The van der Waals surface area contributed by atoms with Crippen LogP contribution in [0.2, 0.25) is 0 Å². The highest BCUT2D eigenvalue weighted by Gasteiger charge is 2.20. The van der Waals surface area contributed by atoms with Gasteiger partial charge in [-0.1, -0.05) is 0 Å². The van der Waals surface area contributed by atoms with E-state index in [1.165, 1.54) is 31.4 Å². The summed E-state index contributed by atoms with van der Waals surface area (Å²) in [6.07, 6.45) is 2.12. The van der Waals surface area contributed by atoms with E-state index in [1.807, 2.05) is 0 Å². The molecule has 1 aliphatic rings. The third-order valence-corrected chi connectivity index (χ3v) is 6.60. The Hall–Kier alpha value is -2.91. The second kappa shape index (κ2) is 9.49. The van der Waals surface area contributed by atoms with Crippen molar-refractivity contribution in [3.8, 4) is 0 Å². The fourth-order valence-electron chi connectivity index (χ4n) is 3.47. The molecule has 1 heterocycles. The summed E-state index contributed by atoms with van der Waals surface area (Å²) in [5.41, 5.74) is 1.98. The number of ether oxygens (including phenoxy) is 1. The molecule has 1 saturated heterocycles. The first-order chi connectivity index (χ1) is 14.7. The van der Waals surface area contributed by atoms with Gasteiger partial charge in [-0.3, -0.25) is 4.79 Å². The summed E-state index contributed by atoms with van der Waals surface area (Å²) in [6, 6.07) is 10.6. The Bertz CT molecular complexity index is 1060. The number of anilines is 2. The van der Waals surface area contributed by atoms with E-state index in [1.54, 1.807) is 32.0 Å². The van der Waals surface area contributed by atoms with Crippen molar-refractivity contribution in [2.24, 2.45) is 0 Å². The molecule has 0 atom stereocenters. The van der Waals surface area contributed by atoms with E-state index in [-0.39, 0.29) is 10.9 Å². The topological polar surface area (TPSA) is 105 Å². The van der Waals surface area contributed by atoms with Gasteiger partial charge in [0.1, 0.15) is 0 Å². The third kappa shape index (κ3) is 5.42. The Balaban J connectivity index is 1.85. The molecule has 1 aliphatic heterocycles. The monoisotopic (exact) mass is 445 g/mol. The fourth-order valence-corrected chi connectivity index (χ4v) is 4.72. The molecule has 9 heteroatoms. The van der Waals surface area contributed by atoms with Crippen LogP contribution in [0.15, 0.2) is 47.4 Å². The first-order valence-electron chi connectivity index (χ1n) is 10.1. The van der Waals surface area contributed by atoms with Gasteiger partial charge in [0.2, 0.25) is 10.0 Å². The molecule has 3 rings (SSSR count). The normalized spacial score (nSPS) is 14.0. The van der Waals surface area contributed by atoms with Crippen LogP contribution in [0.4, 0.5) is 11.4 Å². The lowest BCUT2D eigenvalue weighted by molar-refractivity contribution is 0.0600. The van der Waals surface area contributed by atoms with Gasteiger partial charge in [-0.2, -0.15) is 0 Å². The average Bonchev–Trinajstić information content (AvgIpc) is 3.27. The number of hydrogen-bond acceptors (Lipinski definition) is 6. The largest absolute Gasteiger partial charge is 0.465 e. The summed E-state index contributed by atoms with van der Waals surface area (Å²) in [6.45, 7) is 5.21. The molecule has 0 radical (unpaired) electrons. The van der Waals surface area contributed by atoms with Gasteiger partial charge in [-0.05, 0) is 69.2 Å². The second-order valence-electron chi connectivity index (χ2n) is 7.67. The molecule has 0 spiro atoms. The summed E-state index contributed by atoms with van der Waals surface area (Å²) in [5.74, 6) is -0.890. The van der Waals surface area contributed by atoms with Crippen molar-refractivity contribution in [1.82, 2.24) is 4.72 Å². The zero-order valence-corrected chi connectivity index (χ0v) is 18.7. The van der Waals surface area contributed by atoms with E-state index in [9.17, 15) is 18.0 Å². The number of hydrogen-bond donors (Lipinski definition) is 2. The second-order valence-corrected chi connectivity index (χ2v) is 9.39. The summed E-state index contributed by atoms with van der Waals surface area (Å²) >= 11 is 0. The number of methoxy groups -OCH3 is 1. The number of nitrogens with one attached hydrogen (secondary N) is 2. The first kappa shape index (κ1) is 22.8. The van der Waals surface area contributed by atoms with E-state index in [0.717, 1.165) is 31.6 Å². The Morgan fingerprint density at radius 1 is 1.00 bits per heavy atom. The number of carbonyl (C=O) groups excluding carboxylic acids is 2. The van der Waals surface area contributed by atoms with Crippen molar-refractivity contribution in [2.45, 2.75) is 37.6 Å². The maximum atomic E-state index is 12.9. The predicted octanol–water partition coefficient (Wildman–Crippen LogP) is 3.01. The standard InChI is InChI=1S/C22H27N3O5S/c1-15(2)24-31(28,29)18-9-6-16(7-10-18)21(26)23-19-14-17(22(27)30-3)8-11-20(19)25-12-4-5-13-25/h6-11,14-15,24H,4-5,12-13H2,1-3H3,(H,23,26). The molecule has 0 saturated carbocycles. The van der Waals surface area contributed by atoms with Crippen molar-refractivity contribution < 1.29 is 22.7 Å². The van der Waals surface area contributed by atoms with Crippen LogP contribution in [-0.4, -0.2) is 46.5 Å². The molecule has 1 fully saturated rings. The smallest absolute Gasteiger partial charge is 0.337 e. The van der Waals surface area contributed by atoms with Crippen LogP contribution >= 0.6 is 0 Å². The molecule has 2 aromatic carbocycles. The molecule has 2 aromatic rings. The van der Waals surface area contributed by atoms with Crippen molar-refractivity contribution in [3.05, 3.63) is 53.6 Å². The number of sulfonamides is 1. The molecule has 0 bridgehead atoms. The lowest BCUT2D eigenvalue weighted by Crippen LogP contribution is -2.30. The molecule has 0 aliphatic carbocycles. The van der Waals surface area contributed by atoms with Crippen LogP contribution in [0.3, 0.4) is 0 Å². The van der Waals surface area contributed by atoms with Gasteiger partial charge < -0.3 is 15.0 Å². The molecule has 8 nitrogen and oxygen atoms in total. The van der Waals surface area contributed by atoms with E-state index < -0.39 is 21.9 Å². The van der Waals surface area contributed by atoms with Crippen LogP contribution in [0.1, 0.15) is 47.4 Å². The zero-order valence-electron chi connectivity index (χ0n) is 17.8. The fraction of sp³-hybridized carbons (Fsp3) is 0.364. The van der Waals surface area contributed by atoms with Crippen LogP contribution in [0.5, 0.6) is 0 Å². The number of rotatable bonds is 7. The molecule has 0 aromatic heterocycles. The minimum absolute atomic E-state index is 0.0863. The molecule has 0 unspecified atom stereocenters. The third-order valence-electron chi connectivity index (χ3n) is 4.93. The molecule has 2 N–H and O–H groups in total. The SMILES string of the molecule is COC(=O)c1ccc(N2CCCC2)c(NC(=O)c2ccc(S(=O)(=O)NC(C)C)cc2)c1. The van der Waals surface area contributed by atoms with E-state index in [0.29, 0.717) is 16.8 Å². The van der Waals surface area contributed by atoms with Gasteiger partial charge in [-0.15, -0.1) is 0 Å². The Morgan fingerprint density at radius 3 is 2.19 bits per heavy atom. The quantitative estimate of drug-likeness (QED) is 0.635. The zero-order chi connectivity index (χ0) is 22.6. The number of carbonyl (C=O) groups is 2. The number of benzene rings is 2. The highest BCUT2D eigenvalue weighted by Crippen LogP contribution is 2.31. The van der Waals surface area contributed by atoms with Gasteiger partial charge in [0.15, 0.2) is 0 Å². The number of nitrogens with zero attached hydrogens (tertiary/aromatic N) is 1. The summed E-state index contributed by atoms with van der Waals surface area (Å²) in [4.78, 5) is 27.1. The Morgan fingerprint density at radius 2 is 1.61 bits per heavy atom. The van der Waals surface area contributed by atoms with Gasteiger partial charge in [0, 0.05) is 24.7 Å². The average molecular weight is 446 g/mol. The van der Waals surface area contributed by atoms with Crippen molar-refractivity contribution >= 4 is 33.3 Å². The van der Waals surface area contributed by atoms with Crippen LogP contribution in [0, 0.1) is 0 Å². The van der Waals surface area contributed by atoms with Crippen LogP contribution in [-0.2, 0) is 14.8 Å². The summed E-state index contributed by atoms with van der Waals surface area (Å²) < 4.78 is 31.8. The lowest BCUT2D eigenvalue weighted by Gasteiger charge is -2.22. The molecule has 166 valence electrons. The van der Waals surface area contributed by atoms with Crippen molar-refractivity contribution in [2.75, 3.05) is 30.4 Å². The Kier molecular flexibility index (Phi) is 6.97. The molecule has 1 amide bonds. The number of esters is 1. The van der Waals surface area contributed by atoms with E-state index >= 15 is 0 Å². The summed E-state index contributed by atoms with van der Waals surface area (Å²) in [5, 5.41) is 2.86. The maximum Gasteiger partial charge on any atom is 0.337 e.